The van der Waals surface area contributed by atoms with Gasteiger partial charge in [0.05, 0.1) is 13.0 Å². The van der Waals surface area contributed by atoms with Crippen molar-refractivity contribution >= 4 is 11.8 Å². The zero-order valence-corrected chi connectivity index (χ0v) is 15.7. The molecule has 3 rings (SSSR count). The van der Waals surface area contributed by atoms with Crippen LogP contribution in [0.15, 0.2) is 24.3 Å². The highest BCUT2D eigenvalue weighted by atomic mass is 16.5. The number of nitrogens with zero attached hydrogens (tertiary/aromatic N) is 1. The van der Waals surface area contributed by atoms with Crippen LogP contribution in [0.3, 0.4) is 0 Å². The molecule has 2 fully saturated rings. The van der Waals surface area contributed by atoms with E-state index in [1.807, 2.05) is 24.3 Å². The Hall–Kier alpha value is -2.04. The van der Waals surface area contributed by atoms with Gasteiger partial charge in [-0.3, -0.25) is 9.59 Å². The summed E-state index contributed by atoms with van der Waals surface area (Å²) in [5.74, 6) is 0.917. The number of carbonyl (C=O) groups is 2. The van der Waals surface area contributed by atoms with Gasteiger partial charge in [-0.05, 0) is 25.3 Å². The number of hydrogen-bond donors (Lipinski definition) is 1. The molecule has 5 heteroatoms. The Morgan fingerprint density at radius 1 is 1.15 bits per heavy atom. The average molecular weight is 358 g/mol. The predicted molar refractivity (Wildman–Crippen MR) is 101 cm³/mol. The van der Waals surface area contributed by atoms with Crippen molar-refractivity contribution in [1.82, 2.24) is 10.2 Å². The van der Waals surface area contributed by atoms with Crippen LogP contribution in [-0.2, 0) is 16.1 Å². The van der Waals surface area contributed by atoms with E-state index in [-0.39, 0.29) is 17.7 Å². The van der Waals surface area contributed by atoms with Crippen molar-refractivity contribution in [1.29, 1.82) is 0 Å². The molecule has 1 aliphatic heterocycles. The number of likely N-dealkylation sites (tertiary alicyclic amines) is 1. The highest BCUT2D eigenvalue weighted by Gasteiger charge is 2.31. The second kappa shape index (κ2) is 9.06. The standard InChI is InChI=1S/C21H30N2O3/c1-26-19-11-7-6-8-16(19)14-23-15-17(12-13-20(23)24)21(25)22-18-9-4-2-3-5-10-18/h6-8,11,17-18H,2-5,9-10,12-15H2,1H3,(H,22,25). The molecule has 1 aromatic rings. The van der Waals surface area contributed by atoms with Gasteiger partial charge in [-0.2, -0.15) is 0 Å². The Labute approximate surface area is 156 Å². The van der Waals surface area contributed by atoms with Gasteiger partial charge in [-0.15, -0.1) is 0 Å². The second-order valence-corrected chi connectivity index (χ2v) is 7.52. The van der Waals surface area contributed by atoms with Gasteiger partial charge in [-0.1, -0.05) is 43.9 Å². The van der Waals surface area contributed by atoms with Gasteiger partial charge in [0.1, 0.15) is 5.75 Å². The summed E-state index contributed by atoms with van der Waals surface area (Å²) in [5, 5.41) is 3.25. The summed E-state index contributed by atoms with van der Waals surface area (Å²) in [6.45, 7) is 0.992. The number of amides is 2. The molecule has 1 N–H and O–H groups in total. The van der Waals surface area contributed by atoms with Gasteiger partial charge < -0.3 is 15.0 Å². The maximum absolute atomic E-state index is 12.7. The van der Waals surface area contributed by atoms with Crippen LogP contribution in [0.2, 0.25) is 0 Å². The predicted octanol–water partition coefficient (Wildman–Crippen LogP) is 3.27. The molecule has 1 aromatic carbocycles. The van der Waals surface area contributed by atoms with E-state index in [0.29, 0.717) is 32.0 Å². The Morgan fingerprint density at radius 2 is 1.88 bits per heavy atom. The smallest absolute Gasteiger partial charge is 0.225 e. The molecular formula is C21H30N2O3. The quantitative estimate of drug-likeness (QED) is 0.822. The molecule has 2 amide bonds. The Bertz CT molecular complexity index is 623. The maximum Gasteiger partial charge on any atom is 0.225 e. The summed E-state index contributed by atoms with van der Waals surface area (Å²) in [4.78, 5) is 26.9. The third kappa shape index (κ3) is 4.77. The van der Waals surface area contributed by atoms with Crippen LogP contribution in [0.4, 0.5) is 0 Å². The van der Waals surface area contributed by atoms with Crippen molar-refractivity contribution in [3.63, 3.8) is 0 Å². The van der Waals surface area contributed by atoms with Gasteiger partial charge in [0.2, 0.25) is 11.8 Å². The zero-order valence-electron chi connectivity index (χ0n) is 15.7. The third-order valence-electron chi connectivity index (χ3n) is 5.63. The molecule has 26 heavy (non-hydrogen) atoms. The van der Waals surface area contributed by atoms with Crippen LogP contribution in [0, 0.1) is 5.92 Å². The Balaban J connectivity index is 1.60. The van der Waals surface area contributed by atoms with Crippen LogP contribution < -0.4 is 10.1 Å². The Morgan fingerprint density at radius 3 is 2.62 bits per heavy atom. The molecular weight excluding hydrogens is 328 g/mol. The van der Waals surface area contributed by atoms with Crippen LogP contribution in [0.5, 0.6) is 5.75 Å². The van der Waals surface area contributed by atoms with E-state index in [1.54, 1.807) is 12.0 Å². The first-order valence-electron chi connectivity index (χ1n) is 9.87. The van der Waals surface area contributed by atoms with Gasteiger partial charge >= 0.3 is 0 Å². The van der Waals surface area contributed by atoms with E-state index >= 15 is 0 Å². The highest BCUT2D eigenvalue weighted by molar-refractivity contribution is 5.84. The molecule has 142 valence electrons. The second-order valence-electron chi connectivity index (χ2n) is 7.52. The van der Waals surface area contributed by atoms with Crippen molar-refractivity contribution in [2.45, 2.75) is 64.0 Å². The van der Waals surface area contributed by atoms with Crippen molar-refractivity contribution in [3.05, 3.63) is 29.8 Å². The van der Waals surface area contributed by atoms with E-state index in [9.17, 15) is 9.59 Å². The number of benzene rings is 1. The van der Waals surface area contributed by atoms with E-state index in [4.69, 9.17) is 4.74 Å². The van der Waals surface area contributed by atoms with Crippen molar-refractivity contribution in [3.8, 4) is 5.75 Å². The van der Waals surface area contributed by atoms with Crippen molar-refractivity contribution in [2.24, 2.45) is 5.92 Å². The first-order chi connectivity index (χ1) is 12.7. The molecule has 0 spiro atoms. The summed E-state index contributed by atoms with van der Waals surface area (Å²) >= 11 is 0. The number of nitrogens with one attached hydrogen (secondary N) is 1. The number of methoxy groups -OCH3 is 1. The summed E-state index contributed by atoms with van der Waals surface area (Å²) in [5.41, 5.74) is 0.980. The molecule has 5 nitrogen and oxygen atoms in total. The highest BCUT2D eigenvalue weighted by Crippen LogP contribution is 2.25. The average Bonchev–Trinajstić information content (AvgIpc) is 2.92. The maximum atomic E-state index is 12.7. The topological polar surface area (TPSA) is 58.6 Å². The number of carbonyl (C=O) groups excluding carboxylic acids is 2. The fourth-order valence-electron chi connectivity index (χ4n) is 4.06. The first kappa shape index (κ1) is 18.7. The number of hydrogen-bond acceptors (Lipinski definition) is 3. The molecule has 1 unspecified atom stereocenters. The lowest BCUT2D eigenvalue weighted by atomic mass is 9.95. The lowest BCUT2D eigenvalue weighted by molar-refractivity contribution is -0.139. The minimum atomic E-state index is -0.106. The summed E-state index contributed by atoms with van der Waals surface area (Å²) in [6.07, 6.45) is 8.22. The summed E-state index contributed by atoms with van der Waals surface area (Å²) < 4.78 is 5.39. The zero-order chi connectivity index (χ0) is 18.4. The van der Waals surface area contributed by atoms with Crippen molar-refractivity contribution < 1.29 is 14.3 Å². The largest absolute Gasteiger partial charge is 0.496 e. The lowest BCUT2D eigenvalue weighted by Gasteiger charge is -2.33. The van der Waals surface area contributed by atoms with Gasteiger partial charge in [0, 0.05) is 31.1 Å². The minimum absolute atomic E-state index is 0.106. The molecule has 1 heterocycles. The number of para-hydroxylation sites is 1. The fraction of sp³-hybridized carbons (Fsp3) is 0.619. The van der Waals surface area contributed by atoms with E-state index in [1.165, 1.54) is 25.7 Å². The number of piperidine rings is 1. The fourth-order valence-corrected chi connectivity index (χ4v) is 4.06. The van der Waals surface area contributed by atoms with Crippen LogP contribution in [0.25, 0.3) is 0 Å². The third-order valence-corrected chi connectivity index (χ3v) is 5.63. The molecule has 0 aromatic heterocycles. The van der Waals surface area contributed by atoms with E-state index in [2.05, 4.69) is 5.32 Å². The SMILES string of the molecule is COc1ccccc1CN1CC(C(=O)NC2CCCCCC2)CCC1=O. The van der Waals surface area contributed by atoms with Gasteiger partial charge in [-0.25, -0.2) is 0 Å². The molecule has 0 bridgehead atoms. The first-order valence-corrected chi connectivity index (χ1v) is 9.87. The van der Waals surface area contributed by atoms with Gasteiger partial charge in [0.25, 0.3) is 0 Å². The molecule has 1 atom stereocenters. The monoisotopic (exact) mass is 358 g/mol. The molecule has 1 aliphatic carbocycles. The Kier molecular flexibility index (Phi) is 6.53. The molecule has 2 aliphatic rings. The van der Waals surface area contributed by atoms with Crippen molar-refractivity contribution in [2.75, 3.05) is 13.7 Å². The van der Waals surface area contributed by atoms with Crippen LogP contribution >= 0.6 is 0 Å². The number of rotatable bonds is 5. The van der Waals surface area contributed by atoms with Crippen LogP contribution in [-0.4, -0.2) is 36.4 Å². The lowest BCUT2D eigenvalue weighted by Crippen LogP contribution is -2.47. The molecule has 0 radical (unpaired) electrons. The van der Waals surface area contributed by atoms with Gasteiger partial charge in [0.15, 0.2) is 0 Å². The normalized spacial score (nSPS) is 22.0. The van der Waals surface area contributed by atoms with E-state index in [0.717, 1.165) is 24.2 Å². The van der Waals surface area contributed by atoms with E-state index < -0.39 is 0 Å². The molecule has 1 saturated carbocycles. The number of ether oxygens (including phenoxy) is 1. The molecule has 1 saturated heterocycles. The summed E-state index contributed by atoms with van der Waals surface area (Å²) in [6, 6.07) is 8.05. The summed E-state index contributed by atoms with van der Waals surface area (Å²) in [7, 11) is 1.64. The minimum Gasteiger partial charge on any atom is -0.496 e. The van der Waals surface area contributed by atoms with Crippen LogP contribution in [0.1, 0.15) is 56.9 Å².